The van der Waals surface area contributed by atoms with E-state index in [1.54, 1.807) is 5.57 Å². The van der Waals surface area contributed by atoms with Crippen molar-refractivity contribution in [3.8, 4) is 0 Å². The van der Waals surface area contributed by atoms with E-state index in [-0.39, 0.29) is 0 Å². The number of unbranched alkanes of at least 4 members (excludes halogenated alkanes) is 2. The second-order valence-corrected chi connectivity index (χ2v) is 5.07. The smallest absolute Gasteiger partial charge is 0.00768 e. The lowest BCUT2D eigenvalue weighted by atomic mass is 9.97. The summed E-state index contributed by atoms with van der Waals surface area (Å²) in [6.07, 6.45) is 13.2. The predicted octanol–water partition coefficient (Wildman–Crippen LogP) is 3.25. The van der Waals surface area contributed by atoms with Crippen molar-refractivity contribution in [2.24, 2.45) is 0 Å². The molecule has 0 bridgehead atoms. The number of hydrogen-bond acceptors (Lipinski definition) is 2. The van der Waals surface area contributed by atoms with Crippen molar-refractivity contribution in [3.63, 3.8) is 0 Å². The van der Waals surface area contributed by atoms with Crippen molar-refractivity contribution >= 4 is 0 Å². The number of nitrogens with one attached hydrogen (secondary N) is 2. The van der Waals surface area contributed by atoms with Crippen molar-refractivity contribution in [2.75, 3.05) is 26.2 Å². The van der Waals surface area contributed by atoms with Gasteiger partial charge in [0.2, 0.25) is 0 Å². The summed E-state index contributed by atoms with van der Waals surface area (Å²) in [5.74, 6) is 0. The molecular formula is C15H30N2. The van der Waals surface area contributed by atoms with E-state index in [0.717, 1.165) is 19.6 Å². The monoisotopic (exact) mass is 238 g/mol. The van der Waals surface area contributed by atoms with Crippen molar-refractivity contribution in [2.45, 2.75) is 58.3 Å². The predicted molar refractivity (Wildman–Crippen MR) is 76.4 cm³/mol. The highest BCUT2D eigenvalue weighted by Crippen LogP contribution is 2.19. The molecule has 0 spiro atoms. The molecule has 0 saturated heterocycles. The lowest BCUT2D eigenvalue weighted by molar-refractivity contribution is 0.575. The topological polar surface area (TPSA) is 24.1 Å². The van der Waals surface area contributed by atoms with Crippen molar-refractivity contribution in [3.05, 3.63) is 11.6 Å². The van der Waals surface area contributed by atoms with Crippen LogP contribution in [0.5, 0.6) is 0 Å². The second kappa shape index (κ2) is 10.8. The normalized spacial score (nSPS) is 15.9. The van der Waals surface area contributed by atoms with Gasteiger partial charge in [0.25, 0.3) is 0 Å². The zero-order valence-electron chi connectivity index (χ0n) is 11.6. The molecule has 0 atom stereocenters. The first-order valence-electron chi connectivity index (χ1n) is 7.53. The van der Waals surface area contributed by atoms with E-state index >= 15 is 0 Å². The summed E-state index contributed by atoms with van der Waals surface area (Å²) >= 11 is 0. The molecule has 0 aromatic rings. The quantitative estimate of drug-likeness (QED) is 0.451. The maximum atomic E-state index is 3.52. The average Bonchev–Trinajstić information content (AvgIpc) is 2.38. The summed E-state index contributed by atoms with van der Waals surface area (Å²) in [5, 5.41) is 7.00. The van der Waals surface area contributed by atoms with E-state index in [4.69, 9.17) is 0 Å². The molecule has 0 aliphatic heterocycles. The molecule has 1 aliphatic carbocycles. The van der Waals surface area contributed by atoms with Gasteiger partial charge in [0.05, 0.1) is 0 Å². The van der Waals surface area contributed by atoms with Gasteiger partial charge < -0.3 is 10.6 Å². The van der Waals surface area contributed by atoms with Gasteiger partial charge in [0, 0.05) is 13.1 Å². The van der Waals surface area contributed by atoms with Crippen LogP contribution < -0.4 is 10.6 Å². The SMILES string of the molecule is CCCCCNCCNCCC1=CCCCC1. The Morgan fingerprint density at radius 1 is 1.00 bits per heavy atom. The first kappa shape index (κ1) is 14.7. The van der Waals surface area contributed by atoms with Gasteiger partial charge in [-0.25, -0.2) is 0 Å². The molecule has 0 fully saturated rings. The van der Waals surface area contributed by atoms with Gasteiger partial charge in [-0.3, -0.25) is 0 Å². The molecule has 2 N–H and O–H groups in total. The summed E-state index contributed by atoms with van der Waals surface area (Å²) in [6, 6.07) is 0. The van der Waals surface area contributed by atoms with Gasteiger partial charge in [0.15, 0.2) is 0 Å². The molecule has 0 radical (unpaired) electrons. The standard InChI is InChI=1S/C15H30N2/c1-2-3-7-11-16-13-14-17-12-10-15-8-5-4-6-9-15/h8,16-17H,2-7,9-14H2,1H3. The molecule has 0 aromatic carbocycles. The van der Waals surface area contributed by atoms with Crippen LogP contribution in [0.1, 0.15) is 58.3 Å². The molecule has 1 aliphatic rings. The molecule has 2 heteroatoms. The summed E-state index contributed by atoms with van der Waals surface area (Å²) in [7, 11) is 0. The second-order valence-electron chi connectivity index (χ2n) is 5.07. The highest BCUT2D eigenvalue weighted by atomic mass is 14.9. The third-order valence-electron chi connectivity index (χ3n) is 3.44. The van der Waals surface area contributed by atoms with Crippen LogP contribution in [0, 0.1) is 0 Å². The Labute approximate surface area is 107 Å². The van der Waals surface area contributed by atoms with Crippen LogP contribution in [-0.4, -0.2) is 26.2 Å². The largest absolute Gasteiger partial charge is 0.315 e. The van der Waals surface area contributed by atoms with Crippen LogP contribution in [-0.2, 0) is 0 Å². The summed E-state index contributed by atoms with van der Waals surface area (Å²) in [4.78, 5) is 0. The van der Waals surface area contributed by atoms with Crippen LogP contribution in [0.25, 0.3) is 0 Å². The van der Waals surface area contributed by atoms with E-state index in [2.05, 4.69) is 23.6 Å². The minimum absolute atomic E-state index is 1.11. The van der Waals surface area contributed by atoms with Gasteiger partial charge in [0.1, 0.15) is 0 Å². The number of hydrogen-bond donors (Lipinski definition) is 2. The molecular weight excluding hydrogens is 208 g/mol. The lowest BCUT2D eigenvalue weighted by Crippen LogP contribution is -2.28. The van der Waals surface area contributed by atoms with Gasteiger partial charge in [-0.1, -0.05) is 31.4 Å². The molecule has 0 unspecified atom stereocenters. The number of allylic oxidation sites excluding steroid dienone is 1. The number of rotatable bonds is 10. The van der Waals surface area contributed by atoms with Crippen molar-refractivity contribution in [1.82, 2.24) is 10.6 Å². The maximum absolute atomic E-state index is 3.52. The zero-order valence-corrected chi connectivity index (χ0v) is 11.6. The van der Waals surface area contributed by atoms with Gasteiger partial charge >= 0.3 is 0 Å². The molecule has 0 aromatic heterocycles. The first-order valence-corrected chi connectivity index (χ1v) is 7.53. The molecule has 0 heterocycles. The highest BCUT2D eigenvalue weighted by Gasteiger charge is 2.02. The molecule has 0 saturated carbocycles. The van der Waals surface area contributed by atoms with E-state index in [1.165, 1.54) is 57.9 Å². The molecule has 2 nitrogen and oxygen atoms in total. The van der Waals surface area contributed by atoms with Crippen molar-refractivity contribution in [1.29, 1.82) is 0 Å². The Kier molecular flexibility index (Phi) is 9.34. The van der Waals surface area contributed by atoms with Crippen LogP contribution >= 0.6 is 0 Å². The Hall–Kier alpha value is -0.340. The lowest BCUT2D eigenvalue weighted by Gasteiger charge is -2.13. The molecule has 100 valence electrons. The van der Waals surface area contributed by atoms with Gasteiger partial charge in [-0.2, -0.15) is 0 Å². The maximum Gasteiger partial charge on any atom is 0.00768 e. The Morgan fingerprint density at radius 3 is 2.53 bits per heavy atom. The Balaban J connectivity index is 1.79. The van der Waals surface area contributed by atoms with Gasteiger partial charge in [-0.15, -0.1) is 0 Å². The summed E-state index contributed by atoms with van der Waals surface area (Å²) in [5.41, 5.74) is 1.68. The molecule has 0 amide bonds. The summed E-state index contributed by atoms with van der Waals surface area (Å²) < 4.78 is 0. The fourth-order valence-corrected chi connectivity index (χ4v) is 2.31. The highest BCUT2D eigenvalue weighted by molar-refractivity contribution is 5.05. The average molecular weight is 238 g/mol. The van der Waals surface area contributed by atoms with Crippen LogP contribution in [0.15, 0.2) is 11.6 Å². The van der Waals surface area contributed by atoms with Crippen molar-refractivity contribution < 1.29 is 0 Å². The van der Waals surface area contributed by atoms with Crippen LogP contribution in [0.2, 0.25) is 0 Å². The minimum Gasteiger partial charge on any atom is -0.315 e. The molecule has 17 heavy (non-hydrogen) atoms. The zero-order chi connectivity index (χ0) is 12.2. The fourth-order valence-electron chi connectivity index (χ4n) is 2.31. The first-order chi connectivity index (χ1) is 8.43. The third-order valence-corrected chi connectivity index (χ3v) is 3.44. The van der Waals surface area contributed by atoms with E-state index in [9.17, 15) is 0 Å². The molecule has 1 rings (SSSR count). The fraction of sp³-hybridized carbons (Fsp3) is 0.867. The Morgan fingerprint density at radius 2 is 1.82 bits per heavy atom. The van der Waals surface area contributed by atoms with Gasteiger partial charge in [-0.05, 0) is 51.6 Å². The van der Waals surface area contributed by atoms with E-state index in [1.807, 2.05) is 0 Å². The Bertz CT molecular complexity index is 199. The van der Waals surface area contributed by atoms with E-state index < -0.39 is 0 Å². The van der Waals surface area contributed by atoms with E-state index in [0.29, 0.717) is 0 Å². The van der Waals surface area contributed by atoms with Crippen LogP contribution in [0.4, 0.5) is 0 Å². The summed E-state index contributed by atoms with van der Waals surface area (Å²) in [6.45, 7) is 6.81. The minimum atomic E-state index is 1.11. The third kappa shape index (κ3) is 8.39. The van der Waals surface area contributed by atoms with Crippen LogP contribution in [0.3, 0.4) is 0 Å².